The summed E-state index contributed by atoms with van der Waals surface area (Å²) in [7, 11) is 0. The third-order valence-corrected chi connectivity index (χ3v) is 3.08. The molecule has 0 atom stereocenters. The molecule has 0 radical (unpaired) electrons. The Morgan fingerprint density at radius 3 is 2.87 bits per heavy atom. The number of H-pyrrole nitrogens is 1. The minimum Gasteiger partial charge on any atom is -0.478 e. The van der Waals surface area contributed by atoms with Crippen molar-refractivity contribution in [2.24, 2.45) is 0 Å². The molecule has 0 spiro atoms. The summed E-state index contributed by atoms with van der Waals surface area (Å²) < 4.78 is 0.813. The fraction of sp³-hybridized carbons (Fsp3) is 0.182. The van der Waals surface area contributed by atoms with Crippen LogP contribution in [-0.4, -0.2) is 16.1 Å². The highest BCUT2D eigenvalue weighted by molar-refractivity contribution is 9.10. The number of carbonyl (C=O) groups is 1. The van der Waals surface area contributed by atoms with E-state index in [-0.39, 0.29) is 0 Å². The molecule has 1 aromatic carbocycles. The van der Waals surface area contributed by atoms with Crippen LogP contribution in [-0.2, 0) is 6.42 Å². The van der Waals surface area contributed by atoms with Crippen LogP contribution < -0.4 is 0 Å². The van der Waals surface area contributed by atoms with E-state index in [1.165, 1.54) is 0 Å². The molecule has 0 unspecified atom stereocenters. The van der Waals surface area contributed by atoms with Crippen molar-refractivity contribution < 1.29 is 9.90 Å². The van der Waals surface area contributed by atoms with Crippen LogP contribution in [0.15, 0.2) is 22.7 Å². The van der Waals surface area contributed by atoms with Crippen LogP contribution in [0.25, 0.3) is 10.9 Å². The average Bonchev–Trinajstić information content (AvgIpc) is 2.57. The maximum absolute atomic E-state index is 11.2. The number of benzene rings is 1. The normalized spacial score (nSPS) is 10.8. The first-order chi connectivity index (χ1) is 7.15. The van der Waals surface area contributed by atoms with E-state index in [0.717, 1.165) is 21.1 Å². The molecular formula is C11H10BrNO2. The molecule has 1 heterocycles. The van der Waals surface area contributed by atoms with Gasteiger partial charge >= 0.3 is 5.97 Å². The maximum atomic E-state index is 11.2. The van der Waals surface area contributed by atoms with Crippen molar-refractivity contribution >= 4 is 32.8 Å². The van der Waals surface area contributed by atoms with Gasteiger partial charge in [-0.1, -0.05) is 28.9 Å². The Kier molecular flexibility index (Phi) is 2.52. The van der Waals surface area contributed by atoms with E-state index in [1.54, 1.807) is 0 Å². The van der Waals surface area contributed by atoms with Gasteiger partial charge in [0.15, 0.2) is 0 Å². The van der Waals surface area contributed by atoms with Crippen LogP contribution in [0.5, 0.6) is 0 Å². The van der Waals surface area contributed by atoms with Gasteiger partial charge in [0.1, 0.15) is 0 Å². The number of aryl methyl sites for hydroxylation is 1. The van der Waals surface area contributed by atoms with E-state index in [1.807, 2.05) is 25.1 Å². The first-order valence-corrected chi connectivity index (χ1v) is 5.46. The van der Waals surface area contributed by atoms with Gasteiger partial charge in [0.25, 0.3) is 0 Å². The molecule has 0 fully saturated rings. The SMILES string of the molecule is CCc1[nH]c2cccc(Br)c2c1C(=O)O. The molecular weight excluding hydrogens is 258 g/mol. The third-order valence-electron chi connectivity index (χ3n) is 2.42. The Labute approximate surface area is 95.2 Å². The minimum atomic E-state index is -0.884. The van der Waals surface area contributed by atoms with Crippen LogP contribution in [0.4, 0.5) is 0 Å². The second-order valence-corrected chi connectivity index (χ2v) is 4.15. The van der Waals surface area contributed by atoms with Crippen molar-refractivity contribution in [2.75, 3.05) is 0 Å². The van der Waals surface area contributed by atoms with E-state index < -0.39 is 5.97 Å². The maximum Gasteiger partial charge on any atom is 0.338 e. The van der Waals surface area contributed by atoms with Gasteiger partial charge < -0.3 is 10.1 Å². The summed E-state index contributed by atoms with van der Waals surface area (Å²) in [5.74, 6) is -0.884. The number of rotatable bonds is 2. The summed E-state index contributed by atoms with van der Waals surface area (Å²) in [4.78, 5) is 14.3. The summed E-state index contributed by atoms with van der Waals surface area (Å²) in [6.07, 6.45) is 0.683. The Hall–Kier alpha value is -1.29. The highest BCUT2D eigenvalue weighted by Crippen LogP contribution is 2.29. The fourth-order valence-electron chi connectivity index (χ4n) is 1.76. The van der Waals surface area contributed by atoms with Crippen molar-refractivity contribution in [2.45, 2.75) is 13.3 Å². The van der Waals surface area contributed by atoms with Gasteiger partial charge in [-0.2, -0.15) is 0 Å². The Morgan fingerprint density at radius 2 is 2.27 bits per heavy atom. The highest BCUT2D eigenvalue weighted by atomic mass is 79.9. The van der Waals surface area contributed by atoms with Gasteiger partial charge in [-0.3, -0.25) is 0 Å². The Balaban J connectivity index is 2.88. The summed E-state index contributed by atoms with van der Waals surface area (Å²) >= 11 is 3.38. The first kappa shape index (κ1) is 10.2. The lowest BCUT2D eigenvalue weighted by molar-refractivity contribution is 0.0698. The second kappa shape index (κ2) is 3.70. The van der Waals surface area contributed by atoms with Gasteiger partial charge in [0, 0.05) is 21.1 Å². The molecule has 4 heteroatoms. The number of halogens is 1. The molecule has 0 aliphatic rings. The molecule has 2 rings (SSSR count). The van der Waals surface area contributed by atoms with Crippen molar-refractivity contribution in [3.63, 3.8) is 0 Å². The lowest BCUT2D eigenvalue weighted by atomic mass is 10.1. The van der Waals surface area contributed by atoms with Gasteiger partial charge in [0.2, 0.25) is 0 Å². The summed E-state index contributed by atoms with van der Waals surface area (Å²) in [5.41, 5.74) is 2.00. The quantitative estimate of drug-likeness (QED) is 0.878. The van der Waals surface area contributed by atoms with Crippen LogP contribution in [0.2, 0.25) is 0 Å². The lowest BCUT2D eigenvalue weighted by Gasteiger charge is -1.97. The molecule has 0 aliphatic carbocycles. The number of fused-ring (bicyclic) bond motifs is 1. The number of hydrogen-bond donors (Lipinski definition) is 2. The van der Waals surface area contributed by atoms with Crippen LogP contribution in [0, 0.1) is 0 Å². The van der Waals surface area contributed by atoms with E-state index in [9.17, 15) is 4.79 Å². The van der Waals surface area contributed by atoms with Gasteiger partial charge in [-0.15, -0.1) is 0 Å². The Bertz CT molecular complexity index is 531. The number of carboxylic acid groups (broad SMARTS) is 1. The monoisotopic (exact) mass is 267 g/mol. The summed E-state index contributed by atoms with van der Waals surface area (Å²) in [6.45, 7) is 1.94. The van der Waals surface area contributed by atoms with E-state index >= 15 is 0 Å². The van der Waals surface area contributed by atoms with Crippen molar-refractivity contribution in [1.29, 1.82) is 0 Å². The van der Waals surface area contributed by atoms with Gasteiger partial charge in [0.05, 0.1) is 5.56 Å². The lowest BCUT2D eigenvalue weighted by Crippen LogP contribution is -1.99. The summed E-state index contributed by atoms with van der Waals surface area (Å²) in [5, 5.41) is 9.92. The highest BCUT2D eigenvalue weighted by Gasteiger charge is 2.17. The molecule has 0 bridgehead atoms. The van der Waals surface area contributed by atoms with Crippen molar-refractivity contribution in [3.8, 4) is 0 Å². The van der Waals surface area contributed by atoms with E-state index in [2.05, 4.69) is 20.9 Å². The molecule has 0 saturated heterocycles. The molecule has 2 aromatic rings. The molecule has 78 valence electrons. The zero-order valence-electron chi connectivity index (χ0n) is 8.17. The molecule has 0 amide bonds. The number of hydrogen-bond acceptors (Lipinski definition) is 1. The third kappa shape index (κ3) is 1.55. The summed E-state index contributed by atoms with van der Waals surface area (Å²) in [6, 6.07) is 5.61. The average molecular weight is 268 g/mol. The zero-order valence-corrected chi connectivity index (χ0v) is 9.76. The number of nitrogens with one attached hydrogen (secondary N) is 1. The van der Waals surface area contributed by atoms with Crippen molar-refractivity contribution in [1.82, 2.24) is 4.98 Å². The zero-order chi connectivity index (χ0) is 11.0. The van der Waals surface area contributed by atoms with Gasteiger partial charge in [-0.05, 0) is 18.6 Å². The van der Waals surface area contributed by atoms with E-state index in [0.29, 0.717) is 12.0 Å². The predicted molar refractivity (Wildman–Crippen MR) is 62.3 cm³/mol. The van der Waals surface area contributed by atoms with Crippen molar-refractivity contribution in [3.05, 3.63) is 33.9 Å². The smallest absolute Gasteiger partial charge is 0.338 e. The molecule has 0 saturated carbocycles. The first-order valence-electron chi connectivity index (χ1n) is 4.67. The Morgan fingerprint density at radius 1 is 1.53 bits per heavy atom. The fourth-order valence-corrected chi connectivity index (χ4v) is 2.32. The number of aromatic nitrogens is 1. The van der Waals surface area contributed by atoms with Crippen LogP contribution >= 0.6 is 15.9 Å². The topological polar surface area (TPSA) is 53.1 Å². The number of aromatic carboxylic acids is 1. The van der Waals surface area contributed by atoms with Crippen LogP contribution in [0.1, 0.15) is 23.0 Å². The minimum absolute atomic E-state index is 0.375. The largest absolute Gasteiger partial charge is 0.478 e. The molecule has 2 N–H and O–H groups in total. The van der Waals surface area contributed by atoms with E-state index in [4.69, 9.17) is 5.11 Å². The van der Waals surface area contributed by atoms with Gasteiger partial charge in [-0.25, -0.2) is 4.79 Å². The number of carboxylic acids is 1. The second-order valence-electron chi connectivity index (χ2n) is 3.30. The molecule has 3 nitrogen and oxygen atoms in total. The standard InChI is InChI=1S/C11H10BrNO2/c1-2-7-10(11(14)15)9-6(12)4-3-5-8(9)13-7/h3-5,13H,2H2,1H3,(H,14,15). The predicted octanol–water partition coefficient (Wildman–Crippen LogP) is 3.19. The molecule has 0 aliphatic heterocycles. The number of aromatic amines is 1. The van der Waals surface area contributed by atoms with Crippen LogP contribution in [0.3, 0.4) is 0 Å². The molecule has 15 heavy (non-hydrogen) atoms. The molecule has 1 aromatic heterocycles.